The molecule has 1 aliphatic heterocycles. The van der Waals surface area contributed by atoms with Crippen LogP contribution >= 0.6 is 0 Å². The van der Waals surface area contributed by atoms with E-state index in [-0.39, 0.29) is 11.9 Å². The van der Waals surface area contributed by atoms with Gasteiger partial charge in [-0.3, -0.25) is 4.79 Å². The van der Waals surface area contributed by atoms with E-state index in [0.717, 1.165) is 19.0 Å². The van der Waals surface area contributed by atoms with Crippen LogP contribution in [0, 0.1) is 17.6 Å². The molecule has 2 atom stereocenters. The maximum absolute atomic E-state index is 13.8. The molecule has 0 radical (unpaired) electrons. The quantitative estimate of drug-likeness (QED) is 0.895. The first-order valence-corrected chi connectivity index (χ1v) is 8.57. The molecular formula is C20H22F2N2O. The molecule has 1 saturated heterocycles. The summed E-state index contributed by atoms with van der Waals surface area (Å²) in [5.41, 5.74) is 1.16. The lowest BCUT2D eigenvalue weighted by atomic mass is 10.1. The van der Waals surface area contributed by atoms with E-state index in [1.54, 1.807) is 0 Å². The summed E-state index contributed by atoms with van der Waals surface area (Å²) >= 11 is 0. The second-order valence-corrected chi connectivity index (χ2v) is 6.57. The third-order valence-electron chi connectivity index (χ3n) is 4.74. The number of hydrogen-bond donors (Lipinski definition) is 1. The van der Waals surface area contributed by atoms with Crippen molar-refractivity contribution in [1.82, 2.24) is 10.2 Å². The van der Waals surface area contributed by atoms with Gasteiger partial charge in [0.1, 0.15) is 11.6 Å². The Hall–Kier alpha value is -2.27. The number of carbonyl (C=O) groups is 1. The van der Waals surface area contributed by atoms with E-state index in [1.165, 1.54) is 12.1 Å². The summed E-state index contributed by atoms with van der Waals surface area (Å²) in [7, 11) is 0. The number of likely N-dealkylation sites (tertiary alicyclic amines) is 1. The van der Waals surface area contributed by atoms with Crippen molar-refractivity contribution in [3.63, 3.8) is 0 Å². The van der Waals surface area contributed by atoms with Crippen molar-refractivity contribution in [2.24, 2.45) is 5.92 Å². The standard InChI is InChI=1S/C20H22F2N2O/c1-14(18-8-7-17(21)11-19(18)22)23-12-15-9-10-24(13-15)20(25)16-5-3-2-4-6-16/h2-8,11,14-15,23H,9-10,12-13H2,1H3. The lowest BCUT2D eigenvalue weighted by molar-refractivity contribution is 0.0787. The lowest BCUT2D eigenvalue weighted by Gasteiger charge is -2.19. The Morgan fingerprint density at radius 1 is 1.24 bits per heavy atom. The van der Waals surface area contributed by atoms with Crippen LogP contribution in [-0.4, -0.2) is 30.4 Å². The molecule has 1 aliphatic rings. The third-order valence-corrected chi connectivity index (χ3v) is 4.74. The molecule has 1 amide bonds. The van der Waals surface area contributed by atoms with Crippen LogP contribution in [0.4, 0.5) is 8.78 Å². The van der Waals surface area contributed by atoms with Crippen LogP contribution in [0.5, 0.6) is 0 Å². The number of nitrogens with zero attached hydrogens (tertiary/aromatic N) is 1. The molecule has 0 aliphatic carbocycles. The van der Waals surface area contributed by atoms with Crippen LogP contribution in [0.15, 0.2) is 48.5 Å². The highest BCUT2D eigenvalue weighted by Gasteiger charge is 2.27. The SMILES string of the molecule is CC(NCC1CCN(C(=O)c2ccccc2)C1)c1ccc(F)cc1F. The van der Waals surface area contributed by atoms with Gasteiger partial charge >= 0.3 is 0 Å². The summed E-state index contributed by atoms with van der Waals surface area (Å²) in [5, 5.41) is 3.30. The van der Waals surface area contributed by atoms with Gasteiger partial charge in [-0.2, -0.15) is 0 Å². The van der Waals surface area contributed by atoms with Crippen LogP contribution in [0.2, 0.25) is 0 Å². The van der Waals surface area contributed by atoms with Gasteiger partial charge in [0, 0.05) is 42.9 Å². The van der Waals surface area contributed by atoms with Gasteiger partial charge in [0.05, 0.1) is 0 Å². The molecule has 1 heterocycles. The van der Waals surface area contributed by atoms with Gasteiger partial charge in [-0.15, -0.1) is 0 Å². The van der Waals surface area contributed by atoms with Crippen LogP contribution in [0.25, 0.3) is 0 Å². The Labute approximate surface area is 146 Å². The number of amides is 1. The first-order valence-electron chi connectivity index (χ1n) is 8.57. The number of halogens is 2. The van der Waals surface area contributed by atoms with Crippen molar-refractivity contribution in [1.29, 1.82) is 0 Å². The van der Waals surface area contributed by atoms with Crippen molar-refractivity contribution in [3.05, 3.63) is 71.3 Å². The summed E-state index contributed by atoms with van der Waals surface area (Å²) < 4.78 is 26.8. The van der Waals surface area contributed by atoms with Gasteiger partial charge in [0.15, 0.2) is 0 Å². The van der Waals surface area contributed by atoms with Crippen molar-refractivity contribution >= 4 is 5.91 Å². The number of nitrogens with one attached hydrogen (secondary N) is 1. The van der Waals surface area contributed by atoms with E-state index in [2.05, 4.69) is 5.32 Å². The van der Waals surface area contributed by atoms with E-state index in [1.807, 2.05) is 42.2 Å². The zero-order valence-corrected chi connectivity index (χ0v) is 14.2. The molecule has 0 aromatic heterocycles. The van der Waals surface area contributed by atoms with E-state index in [0.29, 0.717) is 30.1 Å². The average Bonchev–Trinajstić information content (AvgIpc) is 3.09. The topological polar surface area (TPSA) is 32.3 Å². The lowest BCUT2D eigenvalue weighted by Crippen LogP contribution is -2.31. The predicted molar refractivity (Wildman–Crippen MR) is 93.2 cm³/mol. The van der Waals surface area contributed by atoms with Crippen molar-refractivity contribution in [3.8, 4) is 0 Å². The largest absolute Gasteiger partial charge is 0.338 e. The maximum atomic E-state index is 13.8. The Balaban J connectivity index is 1.52. The average molecular weight is 344 g/mol. The van der Waals surface area contributed by atoms with E-state index >= 15 is 0 Å². The first kappa shape index (κ1) is 17.5. The molecule has 1 fully saturated rings. The molecule has 2 unspecified atom stereocenters. The molecule has 3 rings (SSSR count). The van der Waals surface area contributed by atoms with Gasteiger partial charge in [0.2, 0.25) is 0 Å². The van der Waals surface area contributed by atoms with Crippen LogP contribution in [0.3, 0.4) is 0 Å². The summed E-state index contributed by atoms with van der Waals surface area (Å²) in [5.74, 6) is -0.717. The number of benzene rings is 2. The smallest absolute Gasteiger partial charge is 0.253 e. The second kappa shape index (κ2) is 7.74. The summed E-state index contributed by atoms with van der Waals surface area (Å²) in [6, 6.07) is 12.7. The van der Waals surface area contributed by atoms with E-state index in [4.69, 9.17) is 0 Å². The predicted octanol–water partition coefficient (Wildman–Crippen LogP) is 3.78. The zero-order chi connectivity index (χ0) is 17.8. The Morgan fingerprint density at radius 3 is 2.72 bits per heavy atom. The van der Waals surface area contributed by atoms with Gasteiger partial charge in [-0.25, -0.2) is 8.78 Å². The molecule has 0 bridgehead atoms. The van der Waals surface area contributed by atoms with Crippen molar-refractivity contribution < 1.29 is 13.6 Å². The highest BCUT2D eigenvalue weighted by molar-refractivity contribution is 5.94. The molecule has 5 heteroatoms. The molecule has 0 saturated carbocycles. The molecule has 2 aromatic rings. The van der Waals surface area contributed by atoms with Crippen molar-refractivity contribution in [2.75, 3.05) is 19.6 Å². The number of rotatable bonds is 5. The minimum absolute atomic E-state index is 0.0562. The molecule has 2 aromatic carbocycles. The van der Waals surface area contributed by atoms with E-state index < -0.39 is 11.6 Å². The molecule has 1 N–H and O–H groups in total. The molecule has 3 nitrogen and oxygen atoms in total. The molecule has 0 spiro atoms. The monoisotopic (exact) mass is 344 g/mol. The normalized spacial score (nSPS) is 18.4. The molecule has 25 heavy (non-hydrogen) atoms. The fraction of sp³-hybridized carbons (Fsp3) is 0.350. The highest BCUT2D eigenvalue weighted by atomic mass is 19.1. The summed E-state index contributed by atoms with van der Waals surface area (Å²) in [6.45, 7) is 3.98. The highest BCUT2D eigenvalue weighted by Crippen LogP contribution is 2.21. The second-order valence-electron chi connectivity index (χ2n) is 6.57. The maximum Gasteiger partial charge on any atom is 0.253 e. The van der Waals surface area contributed by atoms with Gasteiger partial charge in [-0.1, -0.05) is 24.3 Å². The van der Waals surface area contributed by atoms with Crippen LogP contribution < -0.4 is 5.32 Å². The van der Waals surface area contributed by atoms with Gasteiger partial charge in [0.25, 0.3) is 5.91 Å². The third kappa shape index (κ3) is 4.23. The molecule has 132 valence electrons. The Kier molecular flexibility index (Phi) is 5.43. The van der Waals surface area contributed by atoms with E-state index in [9.17, 15) is 13.6 Å². The van der Waals surface area contributed by atoms with Crippen LogP contribution in [0.1, 0.15) is 35.3 Å². The number of hydrogen-bond acceptors (Lipinski definition) is 2. The number of carbonyl (C=O) groups excluding carboxylic acids is 1. The Morgan fingerprint density at radius 2 is 2.00 bits per heavy atom. The minimum atomic E-state index is -0.570. The fourth-order valence-electron chi connectivity index (χ4n) is 3.25. The molecular weight excluding hydrogens is 322 g/mol. The minimum Gasteiger partial charge on any atom is -0.338 e. The first-order chi connectivity index (χ1) is 12.0. The van der Waals surface area contributed by atoms with Crippen LogP contribution in [-0.2, 0) is 0 Å². The van der Waals surface area contributed by atoms with Crippen molar-refractivity contribution in [2.45, 2.75) is 19.4 Å². The summed E-state index contributed by atoms with van der Waals surface area (Å²) in [6.07, 6.45) is 0.921. The zero-order valence-electron chi connectivity index (χ0n) is 14.2. The fourth-order valence-corrected chi connectivity index (χ4v) is 3.25. The summed E-state index contributed by atoms with van der Waals surface area (Å²) in [4.78, 5) is 14.3. The van der Waals surface area contributed by atoms with Gasteiger partial charge in [-0.05, 0) is 37.5 Å². The Bertz CT molecular complexity index is 736. The van der Waals surface area contributed by atoms with Gasteiger partial charge < -0.3 is 10.2 Å².